The Hall–Kier alpha value is -1.52. The minimum absolute atomic E-state index is 0.0291. The monoisotopic (exact) mass is 220 g/mol. The highest BCUT2D eigenvalue weighted by Gasteiger charge is 2.41. The van der Waals surface area contributed by atoms with E-state index in [2.05, 4.69) is 15.5 Å². The summed E-state index contributed by atoms with van der Waals surface area (Å²) < 4.78 is 0. The first kappa shape index (κ1) is 9.69. The van der Waals surface area contributed by atoms with Crippen LogP contribution in [0.25, 0.3) is 0 Å². The molecule has 2 aliphatic rings. The highest BCUT2D eigenvalue weighted by atomic mass is 16.2. The second-order valence-electron chi connectivity index (χ2n) is 4.66. The molecule has 2 heterocycles. The lowest BCUT2D eigenvalue weighted by atomic mass is 9.91. The van der Waals surface area contributed by atoms with Crippen molar-refractivity contribution in [1.29, 1.82) is 0 Å². The number of hydrogen-bond acceptors (Lipinski definition) is 2. The van der Waals surface area contributed by atoms with E-state index in [0.29, 0.717) is 12.1 Å². The van der Waals surface area contributed by atoms with Crippen LogP contribution in [0.4, 0.5) is 10.5 Å². The molecule has 2 amide bonds. The van der Waals surface area contributed by atoms with Crippen molar-refractivity contribution < 1.29 is 4.79 Å². The van der Waals surface area contributed by atoms with E-state index in [9.17, 15) is 4.79 Å². The highest BCUT2D eigenvalue weighted by Crippen LogP contribution is 2.32. The molecule has 16 heavy (non-hydrogen) atoms. The Kier molecular flexibility index (Phi) is 2.12. The molecule has 1 saturated heterocycles. The number of H-pyrrole nitrogens is 1. The summed E-state index contributed by atoms with van der Waals surface area (Å²) in [4.78, 5) is 13.8. The number of rotatable bonds is 1. The van der Waals surface area contributed by atoms with Gasteiger partial charge in [0.15, 0.2) is 0 Å². The number of fused-ring (bicyclic) bond motifs is 1. The molecule has 0 spiro atoms. The zero-order valence-electron chi connectivity index (χ0n) is 9.36. The number of nitrogens with one attached hydrogen (secondary N) is 2. The van der Waals surface area contributed by atoms with E-state index in [1.165, 1.54) is 12.8 Å². The fourth-order valence-corrected chi connectivity index (χ4v) is 2.84. The number of hydrogen-bond donors (Lipinski definition) is 2. The number of aryl methyl sites for hydroxylation is 1. The number of aromatic amines is 1. The maximum Gasteiger partial charge on any atom is 0.322 e. The van der Waals surface area contributed by atoms with Crippen LogP contribution in [-0.2, 0) is 0 Å². The number of carbonyl (C=O) groups is 1. The molecule has 1 aliphatic heterocycles. The van der Waals surface area contributed by atoms with Gasteiger partial charge in [0.1, 0.15) is 0 Å². The molecule has 86 valence electrons. The SMILES string of the molecule is Cc1[nH]ncc1N1C(=O)NC2CCCCC21. The Balaban J connectivity index is 1.94. The third kappa shape index (κ3) is 1.31. The summed E-state index contributed by atoms with van der Waals surface area (Å²) in [5, 5.41) is 9.95. The second kappa shape index (κ2) is 3.50. The van der Waals surface area contributed by atoms with Crippen LogP contribution in [-0.4, -0.2) is 28.3 Å². The first-order valence-electron chi connectivity index (χ1n) is 5.87. The van der Waals surface area contributed by atoms with Gasteiger partial charge in [-0.25, -0.2) is 4.79 Å². The van der Waals surface area contributed by atoms with Crippen molar-refractivity contribution in [1.82, 2.24) is 15.5 Å². The molecule has 2 unspecified atom stereocenters. The van der Waals surface area contributed by atoms with Crippen LogP contribution in [0.1, 0.15) is 31.4 Å². The zero-order valence-corrected chi connectivity index (χ0v) is 9.36. The second-order valence-corrected chi connectivity index (χ2v) is 4.66. The molecule has 2 fully saturated rings. The molecular weight excluding hydrogens is 204 g/mol. The Morgan fingerprint density at radius 2 is 2.25 bits per heavy atom. The van der Waals surface area contributed by atoms with E-state index >= 15 is 0 Å². The molecule has 5 nitrogen and oxygen atoms in total. The fourth-order valence-electron chi connectivity index (χ4n) is 2.84. The van der Waals surface area contributed by atoms with Gasteiger partial charge in [-0.05, 0) is 19.8 Å². The van der Waals surface area contributed by atoms with Crippen molar-refractivity contribution in [3.8, 4) is 0 Å². The van der Waals surface area contributed by atoms with Crippen LogP contribution in [0, 0.1) is 6.92 Å². The van der Waals surface area contributed by atoms with Crippen molar-refractivity contribution in [3.63, 3.8) is 0 Å². The number of anilines is 1. The van der Waals surface area contributed by atoms with Gasteiger partial charge in [0, 0.05) is 0 Å². The maximum atomic E-state index is 12.0. The van der Waals surface area contributed by atoms with Crippen LogP contribution in [0.3, 0.4) is 0 Å². The molecule has 1 aromatic rings. The summed E-state index contributed by atoms with van der Waals surface area (Å²) in [7, 11) is 0. The molecule has 5 heteroatoms. The van der Waals surface area contributed by atoms with Gasteiger partial charge in [0.05, 0.1) is 29.7 Å². The summed E-state index contributed by atoms with van der Waals surface area (Å²) in [6, 6.07) is 0.675. The van der Waals surface area contributed by atoms with Crippen molar-refractivity contribution in [2.24, 2.45) is 0 Å². The van der Waals surface area contributed by atoms with E-state index < -0.39 is 0 Å². The summed E-state index contributed by atoms with van der Waals surface area (Å²) in [6.07, 6.45) is 6.37. The molecule has 1 saturated carbocycles. The van der Waals surface area contributed by atoms with Gasteiger partial charge in [-0.15, -0.1) is 0 Å². The quantitative estimate of drug-likeness (QED) is 0.754. The largest absolute Gasteiger partial charge is 0.333 e. The Labute approximate surface area is 94.2 Å². The molecule has 2 atom stereocenters. The summed E-state index contributed by atoms with van der Waals surface area (Å²) in [6.45, 7) is 1.95. The van der Waals surface area contributed by atoms with Crippen LogP contribution in [0.2, 0.25) is 0 Å². The van der Waals surface area contributed by atoms with E-state index in [-0.39, 0.29) is 6.03 Å². The maximum absolute atomic E-state index is 12.0. The number of urea groups is 1. The minimum atomic E-state index is 0.0291. The zero-order chi connectivity index (χ0) is 11.1. The molecule has 1 aliphatic carbocycles. The van der Waals surface area contributed by atoms with Gasteiger partial charge in [-0.1, -0.05) is 12.8 Å². The standard InChI is InChI=1S/C11H16N4O/c1-7-10(6-12-14-7)15-9-5-3-2-4-8(9)13-11(15)16/h6,8-9H,2-5H2,1H3,(H,12,14)(H,13,16). The van der Waals surface area contributed by atoms with Crippen molar-refractivity contribution in [2.45, 2.75) is 44.7 Å². The fraction of sp³-hybridized carbons (Fsp3) is 0.636. The number of nitrogens with zero attached hydrogens (tertiary/aromatic N) is 2. The van der Waals surface area contributed by atoms with Crippen LogP contribution in [0.15, 0.2) is 6.20 Å². The third-order valence-corrected chi connectivity index (χ3v) is 3.65. The Morgan fingerprint density at radius 3 is 3.00 bits per heavy atom. The predicted octanol–water partition coefficient (Wildman–Crippen LogP) is 1.56. The smallest absolute Gasteiger partial charge is 0.322 e. The van der Waals surface area contributed by atoms with Gasteiger partial charge in [-0.2, -0.15) is 5.10 Å². The minimum Gasteiger partial charge on any atom is -0.333 e. The van der Waals surface area contributed by atoms with Crippen LogP contribution >= 0.6 is 0 Å². The van der Waals surface area contributed by atoms with Gasteiger partial charge >= 0.3 is 6.03 Å². The molecule has 2 N–H and O–H groups in total. The predicted molar refractivity (Wildman–Crippen MR) is 60.4 cm³/mol. The van der Waals surface area contributed by atoms with Crippen LogP contribution < -0.4 is 10.2 Å². The molecular formula is C11H16N4O. The van der Waals surface area contributed by atoms with Crippen molar-refractivity contribution in [2.75, 3.05) is 4.90 Å². The number of amides is 2. The van der Waals surface area contributed by atoms with Gasteiger partial charge in [0.25, 0.3) is 0 Å². The normalized spacial score (nSPS) is 29.1. The molecule has 0 bridgehead atoms. The lowest BCUT2D eigenvalue weighted by Crippen LogP contribution is -2.39. The first-order valence-corrected chi connectivity index (χ1v) is 5.87. The number of aromatic nitrogens is 2. The van der Waals surface area contributed by atoms with Gasteiger partial charge in [0.2, 0.25) is 0 Å². The molecule has 0 radical (unpaired) electrons. The van der Waals surface area contributed by atoms with Crippen LogP contribution in [0.5, 0.6) is 0 Å². The number of carbonyl (C=O) groups excluding carboxylic acids is 1. The highest BCUT2D eigenvalue weighted by molar-refractivity contribution is 5.95. The Morgan fingerprint density at radius 1 is 1.44 bits per heavy atom. The lowest BCUT2D eigenvalue weighted by Gasteiger charge is -2.29. The Bertz CT molecular complexity index is 414. The van der Waals surface area contributed by atoms with E-state index in [1.54, 1.807) is 6.20 Å². The van der Waals surface area contributed by atoms with E-state index in [4.69, 9.17) is 0 Å². The molecule has 1 aromatic heterocycles. The summed E-state index contributed by atoms with van der Waals surface area (Å²) >= 11 is 0. The van der Waals surface area contributed by atoms with Gasteiger partial charge in [-0.3, -0.25) is 10.00 Å². The summed E-state index contributed by atoms with van der Waals surface area (Å²) in [5.74, 6) is 0. The lowest BCUT2D eigenvalue weighted by molar-refractivity contribution is 0.250. The molecule has 3 rings (SSSR count). The van der Waals surface area contributed by atoms with Gasteiger partial charge < -0.3 is 5.32 Å². The summed E-state index contributed by atoms with van der Waals surface area (Å²) in [5.41, 5.74) is 1.88. The topological polar surface area (TPSA) is 61.0 Å². The third-order valence-electron chi connectivity index (χ3n) is 3.65. The molecule has 0 aromatic carbocycles. The first-order chi connectivity index (χ1) is 7.77. The van der Waals surface area contributed by atoms with Crippen molar-refractivity contribution >= 4 is 11.7 Å². The average Bonchev–Trinajstić information content (AvgIpc) is 2.81. The van der Waals surface area contributed by atoms with E-state index in [1.807, 2.05) is 11.8 Å². The van der Waals surface area contributed by atoms with E-state index in [0.717, 1.165) is 24.2 Å². The average molecular weight is 220 g/mol. The van der Waals surface area contributed by atoms with Crippen molar-refractivity contribution in [3.05, 3.63) is 11.9 Å².